The largest absolute Gasteiger partial charge is 0.382 e. The molecule has 1 heterocycles. The first-order chi connectivity index (χ1) is 8.31. The molecule has 0 aliphatic heterocycles. The second kappa shape index (κ2) is 6.19. The van der Waals surface area contributed by atoms with E-state index in [9.17, 15) is 3.89 Å². The second-order valence-corrected chi connectivity index (χ2v) is 5.17. The lowest BCUT2D eigenvalue weighted by Gasteiger charge is -2.20. The molecule has 0 bridgehead atoms. The molecule has 0 radical (unpaired) electrons. The first-order valence-corrected chi connectivity index (χ1v) is 6.94. The molecule has 1 aromatic heterocycles. The van der Waals surface area contributed by atoms with E-state index in [1.54, 1.807) is 0 Å². The lowest BCUT2D eigenvalue weighted by Crippen LogP contribution is -2.09. The molecule has 94 valence electrons. The zero-order chi connectivity index (χ0) is 12.1. The number of nitrogens with two attached hydrogens (primary N) is 1. The van der Waals surface area contributed by atoms with E-state index in [1.165, 1.54) is 38.3 Å². The molecule has 1 aliphatic rings. The van der Waals surface area contributed by atoms with Crippen molar-refractivity contribution >= 4 is 18.0 Å². The molecule has 2 rings (SSSR count). The van der Waals surface area contributed by atoms with Gasteiger partial charge in [0, 0.05) is 5.92 Å². The number of anilines is 1. The Morgan fingerprint density at radius 3 is 2.47 bits per heavy atom. The minimum Gasteiger partial charge on any atom is -0.382 e. The van der Waals surface area contributed by atoms with E-state index in [0.29, 0.717) is 16.8 Å². The summed E-state index contributed by atoms with van der Waals surface area (Å²) in [5, 5.41) is 0.316. The highest BCUT2D eigenvalue weighted by Gasteiger charge is 2.19. The second-order valence-electron chi connectivity index (χ2n) is 4.60. The van der Waals surface area contributed by atoms with Gasteiger partial charge >= 0.3 is 0 Å². The molecule has 1 fully saturated rings. The van der Waals surface area contributed by atoms with Gasteiger partial charge in [-0.05, 0) is 12.8 Å². The van der Waals surface area contributed by atoms with E-state index in [4.69, 9.17) is 5.73 Å². The number of aromatic nitrogens is 2. The molecule has 1 aromatic rings. The van der Waals surface area contributed by atoms with Crippen molar-refractivity contribution in [2.45, 2.75) is 55.9 Å². The van der Waals surface area contributed by atoms with E-state index in [-0.39, 0.29) is 12.1 Å². The topological polar surface area (TPSA) is 51.8 Å². The van der Waals surface area contributed by atoms with Gasteiger partial charge in [0.15, 0.2) is 0 Å². The van der Waals surface area contributed by atoms with Crippen LogP contribution in [0.3, 0.4) is 0 Å². The SMILES string of the molecule is Nc1ncc(SF)nc1C1CCCCCCC1. The van der Waals surface area contributed by atoms with Crippen LogP contribution in [0.25, 0.3) is 0 Å². The molecule has 0 unspecified atom stereocenters. The Kier molecular flexibility index (Phi) is 4.59. The van der Waals surface area contributed by atoms with Crippen LogP contribution in [0.4, 0.5) is 9.70 Å². The minimum atomic E-state index is 0.136. The van der Waals surface area contributed by atoms with Crippen LogP contribution in [0.1, 0.15) is 56.6 Å². The zero-order valence-electron chi connectivity index (χ0n) is 9.86. The van der Waals surface area contributed by atoms with Gasteiger partial charge in [0.2, 0.25) is 0 Å². The third-order valence-electron chi connectivity index (χ3n) is 3.38. The monoisotopic (exact) mass is 255 g/mol. The Bertz CT molecular complexity index is 365. The van der Waals surface area contributed by atoms with E-state index in [0.717, 1.165) is 18.5 Å². The molecule has 1 aliphatic carbocycles. The lowest BCUT2D eigenvalue weighted by atomic mass is 9.88. The fraction of sp³-hybridized carbons (Fsp3) is 0.667. The van der Waals surface area contributed by atoms with Gasteiger partial charge in [0.1, 0.15) is 23.0 Å². The summed E-state index contributed by atoms with van der Waals surface area (Å²) in [6, 6.07) is 0. The van der Waals surface area contributed by atoms with Crippen molar-refractivity contribution in [1.29, 1.82) is 0 Å². The Hall–Kier alpha value is -0.840. The first-order valence-electron chi connectivity index (χ1n) is 6.22. The van der Waals surface area contributed by atoms with Crippen molar-refractivity contribution in [3.05, 3.63) is 11.9 Å². The predicted molar refractivity (Wildman–Crippen MR) is 68.5 cm³/mol. The standard InChI is InChI=1S/C12H18FN3S/c13-17-10-8-15-12(14)11(16-10)9-6-4-2-1-3-5-7-9/h8-9H,1-7H2,(H2,14,15). The highest BCUT2D eigenvalue weighted by molar-refractivity contribution is 7.94. The summed E-state index contributed by atoms with van der Waals surface area (Å²) in [7, 11) is 0. The summed E-state index contributed by atoms with van der Waals surface area (Å²) >= 11 is 0.136. The molecule has 2 N–H and O–H groups in total. The summed E-state index contributed by atoms with van der Waals surface area (Å²) in [6.07, 6.45) is 9.89. The van der Waals surface area contributed by atoms with E-state index in [2.05, 4.69) is 9.97 Å². The molecule has 0 spiro atoms. The molecule has 3 nitrogen and oxygen atoms in total. The molecule has 0 aromatic carbocycles. The minimum absolute atomic E-state index is 0.136. The molecular formula is C12H18FN3S. The molecule has 1 saturated carbocycles. The quantitative estimate of drug-likeness (QED) is 0.871. The number of hydrogen-bond donors (Lipinski definition) is 1. The van der Waals surface area contributed by atoms with Gasteiger partial charge in [0.05, 0.1) is 11.9 Å². The van der Waals surface area contributed by atoms with Crippen LogP contribution in [0.2, 0.25) is 0 Å². The number of nitrogens with zero attached hydrogens (tertiary/aromatic N) is 2. The fourth-order valence-corrected chi connectivity index (χ4v) is 2.69. The maximum atomic E-state index is 12.5. The number of hydrogen-bond acceptors (Lipinski definition) is 4. The average molecular weight is 255 g/mol. The summed E-state index contributed by atoms with van der Waals surface area (Å²) in [6.45, 7) is 0. The van der Waals surface area contributed by atoms with Crippen molar-refractivity contribution in [3.8, 4) is 0 Å². The van der Waals surface area contributed by atoms with E-state index >= 15 is 0 Å². The van der Waals surface area contributed by atoms with E-state index < -0.39 is 0 Å². The molecule has 0 atom stereocenters. The summed E-state index contributed by atoms with van der Waals surface area (Å²) < 4.78 is 12.5. The van der Waals surface area contributed by atoms with Crippen LogP contribution in [-0.4, -0.2) is 9.97 Å². The van der Waals surface area contributed by atoms with Gasteiger partial charge in [-0.2, -0.15) is 3.89 Å². The van der Waals surface area contributed by atoms with Crippen LogP contribution in [0, 0.1) is 0 Å². The molecule has 0 amide bonds. The number of rotatable bonds is 2. The average Bonchev–Trinajstić information content (AvgIpc) is 2.30. The summed E-state index contributed by atoms with van der Waals surface area (Å²) in [5.41, 5.74) is 6.66. The van der Waals surface area contributed by atoms with Crippen molar-refractivity contribution in [2.75, 3.05) is 5.73 Å². The molecule has 0 saturated heterocycles. The van der Waals surface area contributed by atoms with Crippen LogP contribution in [0.5, 0.6) is 0 Å². The normalized spacial score (nSPS) is 18.6. The van der Waals surface area contributed by atoms with Gasteiger partial charge in [-0.15, -0.1) is 0 Å². The Balaban J connectivity index is 2.17. The van der Waals surface area contributed by atoms with Crippen LogP contribution < -0.4 is 5.73 Å². The fourth-order valence-electron chi connectivity index (χ4n) is 2.46. The zero-order valence-corrected chi connectivity index (χ0v) is 10.7. The van der Waals surface area contributed by atoms with Gasteiger partial charge in [-0.1, -0.05) is 32.1 Å². The summed E-state index contributed by atoms with van der Waals surface area (Å²) in [5.74, 6) is 0.822. The third-order valence-corrected chi connectivity index (χ3v) is 3.73. The maximum absolute atomic E-state index is 12.5. The van der Waals surface area contributed by atoms with Crippen LogP contribution in [0.15, 0.2) is 11.2 Å². The Morgan fingerprint density at radius 2 is 1.82 bits per heavy atom. The van der Waals surface area contributed by atoms with Crippen molar-refractivity contribution in [1.82, 2.24) is 9.97 Å². The summed E-state index contributed by atoms with van der Waals surface area (Å²) in [4.78, 5) is 8.32. The predicted octanol–water partition coefficient (Wildman–Crippen LogP) is 3.86. The van der Waals surface area contributed by atoms with Gasteiger partial charge < -0.3 is 5.73 Å². The van der Waals surface area contributed by atoms with Crippen molar-refractivity contribution < 1.29 is 3.89 Å². The molecule has 17 heavy (non-hydrogen) atoms. The van der Waals surface area contributed by atoms with Gasteiger partial charge in [-0.3, -0.25) is 0 Å². The smallest absolute Gasteiger partial charge is 0.148 e. The highest BCUT2D eigenvalue weighted by Crippen LogP contribution is 2.33. The maximum Gasteiger partial charge on any atom is 0.148 e. The lowest BCUT2D eigenvalue weighted by molar-refractivity contribution is 0.448. The third kappa shape index (κ3) is 3.31. The Morgan fingerprint density at radius 1 is 1.18 bits per heavy atom. The molecular weight excluding hydrogens is 237 g/mol. The first kappa shape index (κ1) is 12.6. The van der Waals surface area contributed by atoms with Gasteiger partial charge in [0.25, 0.3) is 0 Å². The van der Waals surface area contributed by atoms with Crippen molar-refractivity contribution in [3.63, 3.8) is 0 Å². The highest BCUT2D eigenvalue weighted by atomic mass is 32.2. The van der Waals surface area contributed by atoms with Gasteiger partial charge in [-0.25, -0.2) is 9.97 Å². The number of nitrogen functional groups attached to an aromatic ring is 1. The van der Waals surface area contributed by atoms with E-state index in [1.807, 2.05) is 0 Å². The van der Waals surface area contributed by atoms with Crippen molar-refractivity contribution in [2.24, 2.45) is 0 Å². The van der Waals surface area contributed by atoms with Crippen LogP contribution in [-0.2, 0) is 0 Å². The van der Waals surface area contributed by atoms with Crippen LogP contribution >= 0.6 is 12.1 Å². The Labute approximate surface area is 106 Å². The number of halogens is 1. The molecule has 5 heteroatoms.